The number of unbranched alkanes of at least 4 members (excludes halogenated alkanes) is 10. The molecule has 5 atom stereocenters. The molecule has 0 radical (unpaired) electrons. The van der Waals surface area contributed by atoms with Crippen LogP contribution in [-0.2, 0) is 23.7 Å². The fraction of sp³-hybridized carbons (Fsp3) is 0.960. The van der Waals surface area contributed by atoms with Crippen molar-refractivity contribution in [2.75, 3.05) is 19.8 Å². The SMILES string of the molecule is CCCCCCCCCCCCCC(=O)N[C@H]1[C@@H](OCCO)O[C@@H]2COC(C)(C)O[C@H]2[C@@H]1O. The minimum Gasteiger partial charge on any atom is -0.394 e. The second kappa shape index (κ2) is 15.3. The molecule has 0 aliphatic carbocycles. The molecule has 2 fully saturated rings. The monoisotopic (exact) mass is 473 g/mol. The molecule has 0 aromatic heterocycles. The second-order valence-corrected chi connectivity index (χ2v) is 9.80. The molecule has 0 unspecified atom stereocenters. The van der Waals surface area contributed by atoms with E-state index in [-0.39, 0.29) is 25.7 Å². The topological polar surface area (TPSA) is 106 Å². The molecule has 0 aromatic rings. The summed E-state index contributed by atoms with van der Waals surface area (Å²) in [6.45, 7) is 5.93. The average molecular weight is 474 g/mol. The molecule has 0 spiro atoms. The van der Waals surface area contributed by atoms with Gasteiger partial charge in [-0.2, -0.15) is 0 Å². The summed E-state index contributed by atoms with van der Waals surface area (Å²) in [4.78, 5) is 12.6. The zero-order chi connectivity index (χ0) is 24.1. The molecule has 1 amide bonds. The highest BCUT2D eigenvalue weighted by atomic mass is 16.8. The van der Waals surface area contributed by atoms with E-state index in [4.69, 9.17) is 24.1 Å². The van der Waals surface area contributed by atoms with Crippen molar-refractivity contribution in [1.29, 1.82) is 0 Å². The molecule has 3 N–H and O–H groups in total. The van der Waals surface area contributed by atoms with Gasteiger partial charge in [0, 0.05) is 6.42 Å². The summed E-state index contributed by atoms with van der Waals surface area (Å²) in [5.74, 6) is -0.977. The van der Waals surface area contributed by atoms with Crippen LogP contribution in [0.5, 0.6) is 0 Å². The zero-order valence-corrected chi connectivity index (χ0v) is 20.9. The number of aliphatic hydroxyl groups excluding tert-OH is 2. The van der Waals surface area contributed by atoms with Crippen LogP contribution in [0.3, 0.4) is 0 Å². The third-order valence-corrected chi connectivity index (χ3v) is 6.40. The maximum atomic E-state index is 12.6. The summed E-state index contributed by atoms with van der Waals surface area (Å²) in [6.07, 6.45) is 10.9. The molecular weight excluding hydrogens is 426 g/mol. The van der Waals surface area contributed by atoms with Crippen LogP contribution in [0, 0.1) is 0 Å². The van der Waals surface area contributed by atoms with E-state index in [0.717, 1.165) is 19.3 Å². The molecule has 0 bridgehead atoms. The third-order valence-electron chi connectivity index (χ3n) is 6.40. The van der Waals surface area contributed by atoms with Gasteiger partial charge < -0.3 is 34.5 Å². The first-order valence-corrected chi connectivity index (χ1v) is 13.0. The molecule has 2 heterocycles. The Balaban J connectivity index is 1.69. The lowest BCUT2D eigenvalue weighted by molar-refractivity contribution is -0.369. The smallest absolute Gasteiger partial charge is 0.220 e. The fourth-order valence-electron chi connectivity index (χ4n) is 4.52. The molecule has 194 valence electrons. The van der Waals surface area contributed by atoms with Gasteiger partial charge in [-0.3, -0.25) is 4.79 Å². The van der Waals surface area contributed by atoms with Crippen molar-refractivity contribution >= 4 is 5.91 Å². The number of carbonyl (C=O) groups excluding carboxylic acids is 1. The van der Waals surface area contributed by atoms with E-state index >= 15 is 0 Å². The Bertz CT molecular complexity index is 545. The van der Waals surface area contributed by atoms with E-state index in [1.165, 1.54) is 51.4 Å². The van der Waals surface area contributed by atoms with E-state index in [1.807, 2.05) is 0 Å². The minimum absolute atomic E-state index is 0.0486. The van der Waals surface area contributed by atoms with Crippen LogP contribution in [0.25, 0.3) is 0 Å². The Morgan fingerprint density at radius 1 is 1.03 bits per heavy atom. The molecule has 0 aromatic carbocycles. The minimum atomic E-state index is -1.00. The Kier molecular flexibility index (Phi) is 13.2. The predicted molar refractivity (Wildman–Crippen MR) is 126 cm³/mol. The lowest BCUT2D eigenvalue weighted by Crippen LogP contribution is -2.68. The average Bonchev–Trinajstić information content (AvgIpc) is 2.78. The van der Waals surface area contributed by atoms with E-state index in [0.29, 0.717) is 6.42 Å². The first-order valence-electron chi connectivity index (χ1n) is 13.0. The van der Waals surface area contributed by atoms with Crippen LogP contribution in [-0.4, -0.2) is 72.4 Å². The largest absolute Gasteiger partial charge is 0.394 e. The molecule has 0 saturated carbocycles. The van der Waals surface area contributed by atoms with Crippen LogP contribution < -0.4 is 5.32 Å². The predicted octanol–water partition coefficient (Wildman–Crippen LogP) is 3.42. The summed E-state index contributed by atoms with van der Waals surface area (Å²) >= 11 is 0. The van der Waals surface area contributed by atoms with Crippen LogP contribution in [0.4, 0.5) is 0 Å². The van der Waals surface area contributed by atoms with Crippen molar-refractivity contribution < 1.29 is 34.0 Å². The number of rotatable bonds is 16. The summed E-state index contributed by atoms with van der Waals surface area (Å²) in [5.41, 5.74) is 0. The van der Waals surface area contributed by atoms with Gasteiger partial charge in [-0.1, -0.05) is 71.1 Å². The van der Waals surface area contributed by atoms with E-state index in [2.05, 4.69) is 12.2 Å². The van der Waals surface area contributed by atoms with Gasteiger partial charge in [-0.05, 0) is 20.3 Å². The first kappa shape index (κ1) is 28.5. The van der Waals surface area contributed by atoms with E-state index in [1.54, 1.807) is 13.8 Å². The number of fused-ring (bicyclic) bond motifs is 1. The number of ether oxygens (including phenoxy) is 4. The molecule has 2 saturated heterocycles. The highest BCUT2D eigenvalue weighted by Crippen LogP contribution is 2.32. The van der Waals surface area contributed by atoms with Crippen molar-refractivity contribution in [2.24, 2.45) is 0 Å². The first-order chi connectivity index (χ1) is 15.9. The van der Waals surface area contributed by atoms with Crippen molar-refractivity contribution in [2.45, 2.75) is 134 Å². The Morgan fingerprint density at radius 3 is 2.24 bits per heavy atom. The standard InChI is InChI=1S/C25H47NO7/c1-4-5-6-7-8-9-10-11-12-13-14-15-20(28)26-21-22(29)23-19(18-31-25(2,3)33-23)32-24(21)30-17-16-27/h19,21-24,27,29H,4-18H2,1-3H3,(H,26,28)/t19-,21-,22-,23-,24+/m1/s1. The lowest BCUT2D eigenvalue weighted by atomic mass is 9.95. The van der Waals surface area contributed by atoms with Crippen molar-refractivity contribution in [3.63, 3.8) is 0 Å². The van der Waals surface area contributed by atoms with Crippen molar-refractivity contribution in [3.8, 4) is 0 Å². The van der Waals surface area contributed by atoms with Gasteiger partial charge in [-0.25, -0.2) is 0 Å². The molecule has 8 heteroatoms. The fourth-order valence-corrected chi connectivity index (χ4v) is 4.52. The summed E-state index contributed by atoms with van der Waals surface area (Å²) < 4.78 is 23.0. The van der Waals surface area contributed by atoms with Crippen LogP contribution in [0.2, 0.25) is 0 Å². The Morgan fingerprint density at radius 2 is 1.64 bits per heavy atom. The highest BCUT2D eigenvalue weighted by Gasteiger charge is 2.51. The Hall–Kier alpha value is -0.770. The van der Waals surface area contributed by atoms with E-state index < -0.39 is 36.4 Å². The van der Waals surface area contributed by atoms with Crippen molar-refractivity contribution in [3.05, 3.63) is 0 Å². The number of hydrogen-bond donors (Lipinski definition) is 3. The molecule has 2 aliphatic heterocycles. The van der Waals surface area contributed by atoms with Gasteiger partial charge in [0.2, 0.25) is 5.91 Å². The van der Waals surface area contributed by atoms with Gasteiger partial charge in [0.25, 0.3) is 0 Å². The molecular formula is C25H47NO7. The maximum absolute atomic E-state index is 12.6. The number of amides is 1. The van der Waals surface area contributed by atoms with Gasteiger partial charge in [0.05, 0.1) is 19.8 Å². The summed E-state index contributed by atoms with van der Waals surface area (Å²) in [5, 5.41) is 23.0. The second-order valence-electron chi connectivity index (χ2n) is 9.80. The quantitative estimate of drug-likeness (QED) is 0.295. The lowest BCUT2D eigenvalue weighted by Gasteiger charge is -2.49. The van der Waals surface area contributed by atoms with Gasteiger partial charge in [0.15, 0.2) is 12.1 Å². The molecule has 8 nitrogen and oxygen atoms in total. The zero-order valence-electron chi connectivity index (χ0n) is 20.9. The van der Waals surface area contributed by atoms with Crippen molar-refractivity contribution in [1.82, 2.24) is 5.32 Å². The number of hydrogen-bond acceptors (Lipinski definition) is 7. The highest BCUT2D eigenvalue weighted by molar-refractivity contribution is 5.76. The van der Waals surface area contributed by atoms with Gasteiger partial charge >= 0.3 is 0 Å². The molecule has 2 aliphatic rings. The normalized spacial score (nSPS) is 28.9. The third kappa shape index (κ3) is 10.2. The Labute approximate surface area is 199 Å². The molecule has 33 heavy (non-hydrogen) atoms. The van der Waals surface area contributed by atoms with Crippen LogP contribution >= 0.6 is 0 Å². The van der Waals surface area contributed by atoms with Crippen LogP contribution in [0.15, 0.2) is 0 Å². The number of carbonyl (C=O) groups is 1. The maximum Gasteiger partial charge on any atom is 0.220 e. The van der Waals surface area contributed by atoms with Crippen LogP contribution in [0.1, 0.15) is 97.8 Å². The number of aliphatic hydroxyl groups is 2. The van der Waals surface area contributed by atoms with E-state index in [9.17, 15) is 9.90 Å². The van der Waals surface area contributed by atoms with Gasteiger partial charge in [0.1, 0.15) is 24.4 Å². The van der Waals surface area contributed by atoms with Gasteiger partial charge in [-0.15, -0.1) is 0 Å². The summed E-state index contributed by atoms with van der Waals surface area (Å²) in [7, 11) is 0. The number of nitrogens with one attached hydrogen (secondary N) is 1. The summed E-state index contributed by atoms with van der Waals surface area (Å²) in [6, 6.07) is -0.771. The molecule has 2 rings (SSSR count).